The molecular formula is C12H12BrF. The van der Waals surface area contributed by atoms with Gasteiger partial charge >= 0.3 is 0 Å². The fourth-order valence-electron chi connectivity index (χ4n) is 2.66. The highest BCUT2D eigenvalue weighted by Crippen LogP contribution is 2.50. The van der Waals surface area contributed by atoms with Crippen molar-refractivity contribution in [3.8, 4) is 0 Å². The number of fused-ring (bicyclic) bond motifs is 1. The van der Waals surface area contributed by atoms with Crippen LogP contribution in [0.15, 0.2) is 16.6 Å². The summed E-state index contributed by atoms with van der Waals surface area (Å²) in [7, 11) is 0. The normalized spacial score (nSPS) is 25.1. The lowest BCUT2D eigenvalue weighted by molar-refractivity contribution is 0.598. The van der Waals surface area contributed by atoms with Gasteiger partial charge in [-0.05, 0) is 60.8 Å². The van der Waals surface area contributed by atoms with Crippen molar-refractivity contribution in [2.24, 2.45) is 5.92 Å². The highest BCUT2D eigenvalue weighted by atomic mass is 79.9. The first-order valence-corrected chi connectivity index (χ1v) is 6.03. The number of hydrogen-bond donors (Lipinski definition) is 0. The highest BCUT2D eigenvalue weighted by Gasteiger charge is 2.37. The van der Waals surface area contributed by atoms with E-state index in [-0.39, 0.29) is 5.82 Å². The summed E-state index contributed by atoms with van der Waals surface area (Å²) in [6.07, 6.45) is 4.79. The molecule has 1 aromatic rings. The lowest BCUT2D eigenvalue weighted by atomic mass is 9.96. The molecule has 0 aromatic heterocycles. The second-order valence-corrected chi connectivity index (χ2v) is 5.35. The Morgan fingerprint density at radius 2 is 2.00 bits per heavy atom. The highest BCUT2D eigenvalue weighted by molar-refractivity contribution is 9.10. The van der Waals surface area contributed by atoms with Crippen molar-refractivity contribution in [2.75, 3.05) is 0 Å². The topological polar surface area (TPSA) is 0 Å². The fraction of sp³-hybridized carbons (Fsp3) is 0.500. The molecule has 0 amide bonds. The van der Waals surface area contributed by atoms with E-state index in [9.17, 15) is 4.39 Å². The van der Waals surface area contributed by atoms with Crippen LogP contribution in [-0.2, 0) is 6.42 Å². The van der Waals surface area contributed by atoms with Crippen LogP contribution in [0.5, 0.6) is 0 Å². The standard InChI is InChI=1S/C12H12BrF/c13-8-5-11-9(7-1-2-7)3-4-10(11)12(14)6-8/h5-7,9H,1-4H2. The van der Waals surface area contributed by atoms with E-state index in [1.54, 1.807) is 6.07 Å². The van der Waals surface area contributed by atoms with E-state index in [1.165, 1.54) is 18.4 Å². The smallest absolute Gasteiger partial charge is 0.127 e. The minimum atomic E-state index is -0.0162. The van der Waals surface area contributed by atoms with Crippen LogP contribution in [0.2, 0.25) is 0 Å². The maximum Gasteiger partial charge on any atom is 0.127 e. The monoisotopic (exact) mass is 254 g/mol. The minimum absolute atomic E-state index is 0.0162. The van der Waals surface area contributed by atoms with E-state index < -0.39 is 0 Å². The zero-order chi connectivity index (χ0) is 9.71. The van der Waals surface area contributed by atoms with Gasteiger partial charge in [-0.3, -0.25) is 0 Å². The molecular weight excluding hydrogens is 243 g/mol. The summed E-state index contributed by atoms with van der Waals surface area (Å²) >= 11 is 3.37. The lowest BCUT2D eigenvalue weighted by Gasteiger charge is -2.10. The van der Waals surface area contributed by atoms with Gasteiger partial charge in [0.05, 0.1) is 0 Å². The Labute approximate surface area is 91.6 Å². The third-order valence-corrected chi connectivity index (χ3v) is 3.95. The summed E-state index contributed by atoms with van der Waals surface area (Å²) in [6, 6.07) is 3.71. The number of halogens is 2. The van der Waals surface area contributed by atoms with Crippen LogP contribution in [0.3, 0.4) is 0 Å². The van der Waals surface area contributed by atoms with Crippen LogP contribution < -0.4 is 0 Å². The first-order valence-electron chi connectivity index (χ1n) is 5.23. The van der Waals surface area contributed by atoms with Gasteiger partial charge in [-0.2, -0.15) is 0 Å². The van der Waals surface area contributed by atoms with Gasteiger partial charge in [-0.1, -0.05) is 15.9 Å². The summed E-state index contributed by atoms with van der Waals surface area (Å²) in [5.74, 6) is 1.49. The third-order valence-electron chi connectivity index (χ3n) is 3.49. The third kappa shape index (κ3) is 1.31. The van der Waals surface area contributed by atoms with Gasteiger partial charge in [0.1, 0.15) is 5.82 Å². The Morgan fingerprint density at radius 3 is 2.71 bits per heavy atom. The molecule has 0 spiro atoms. The number of rotatable bonds is 1. The average molecular weight is 255 g/mol. The van der Waals surface area contributed by atoms with Crippen LogP contribution in [0, 0.1) is 11.7 Å². The zero-order valence-electron chi connectivity index (χ0n) is 7.89. The molecule has 1 atom stereocenters. The fourth-order valence-corrected chi connectivity index (χ4v) is 3.11. The van der Waals surface area contributed by atoms with Crippen LogP contribution in [-0.4, -0.2) is 0 Å². The first-order chi connectivity index (χ1) is 6.75. The molecule has 2 heteroatoms. The van der Waals surface area contributed by atoms with E-state index in [2.05, 4.69) is 22.0 Å². The second-order valence-electron chi connectivity index (χ2n) is 4.44. The Balaban J connectivity index is 2.08. The van der Waals surface area contributed by atoms with Crippen molar-refractivity contribution in [1.82, 2.24) is 0 Å². The SMILES string of the molecule is Fc1cc(Br)cc2c1CCC2C1CC1. The van der Waals surface area contributed by atoms with Crippen LogP contribution in [0.4, 0.5) is 4.39 Å². The molecule has 0 radical (unpaired) electrons. The predicted octanol–water partition coefficient (Wildman–Crippen LogP) is 4.03. The van der Waals surface area contributed by atoms with Gasteiger partial charge in [-0.15, -0.1) is 0 Å². The van der Waals surface area contributed by atoms with Crippen molar-refractivity contribution < 1.29 is 4.39 Å². The minimum Gasteiger partial charge on any atom is -0.207 e. The maximum absolute atomic E-state index is 13.6. The molecule has 0 saturated heterocycles. The molecule has 3 rings (SSSR count). The predicted molar refractivity (Wildman–Crippen MR) is 57.9 cm³/mol. The summed E-state index contributed by atoms with van der Waals surface area (Å²) in [4.78, 5) is 0. The van der Waals surface area contributed by atoms with Crippen LogP contribution in [0.1, 0.15) is 36.3 Å². The second kappa shape index (κ2) is 3.06. The van der Waals surface area contributed by atoms with Crippen molar-refractivity contribution in [3.63, 3.8) is 0 Å². The van der Waals surface area contributed by atoms with E-state index >= 15 is 0 Å². The molecule has 0 heterocycles. The van der Waals surface area contributed by atoms with Gasteiger partial charge in [0.25, 0.3) is 0 Å². The summed E-state index contributed by atoms with van der Waals surface area (Å²) < 4.78 is 14.5. The van der Waals surface area contributed by atoms with Gasteiger partial charge in [0.2, 0.25) is 0 Å². The van der Waals surface area contributed by atoms with Crippen molar-refractivity contribution in [2.45, 2.75) is 31.6 Å². The largest absolute Gasteiger partial charge is 0.207 e. The molecule has 1 saturated carbocycles. The molecule has 1 aromatic carbocycles. The molecule has 0 nitrogen and oxygen atoms in total. The van der Waals surface area contributed by atoms with Crippen LogP contribution >= 0.6 is 15.9 Å². The molecule has 2 aliphatic rings. The molecule has 0 bridgehead atoms. The molecule has 14 heavy (non-hydrogen) atoms. The first kappa shape index (κ1) is 8.90. The number of benzene rings is 1. The van der Waals surface area contributed by atoms with Crippen molar-refractivity contribution >= 4 is 15.9 Å². The van der Waals surface area contributed by atoms with E-state index in [0.29, 0.717) is 5.92 Å². The molecule has 0 N–H and O–H groups in total. The van der Waals surface area contributed by atoms with E-state index in [1.807, 2.05) is 0 Å². The Bertz CT molecular complexity index is 382. The van der Waals surface area contributed by atoms with E-state index in [0.717, 1.165) is 28.8 Å². The summed E-state index contributed by atoms with van der Waals surface area (Å²) in [6.45, 7) is 0. The Morgan fingerprint density at radius 1 is 1.21 bits per heavy atom. The summed E-state index contributed by atoms with van der Waals surface area (Å²) in [5.41, 5.74) is 2.25. The number of hydrogen-bond acceptors (Lipinski definition) is 0. The van der Waals surface area contributed by atoms with Gasteiger partial charge in [0, 0.05) is 4.47 Å². The van der Waals surface area contributed by atoms with E-state index in [4.69, 9.17) is 0 Å². The van der Waals surface area contributed by atoms with Gasteiger partial charge < -0.3 is 0 Å². The molecule has 2 aliphatic carbocycles. The lowest BCUT2D eigenvalue weighted by Crippen LogP contribution is -1.96. The molecule has 1 fully saturated rings. The van der Waals surface area contributed by atoms with Crippen molar-refractivity contribution in [3.05, 3.63) is 33.5 Å². The Kier molecular flexibility index (Phi) is 1.94. The quantitative estimate of drug-likeness (QED) is 0.710. The summed E-state index contributed by atoms with van der Waals surface area (Å²) in [5, 5.41) is 0. The zero-order valence-corrected chi connectivity index (χ0v) is 9.48. The average Bonchev–Trinajstić information content (AvgIpc) is 2.87. The van der Waals surface area contributed by atoms with Crippen molar-refractivity contribution in [1.29, 1.82) is 0 Å². The Hall–Kier alpha value is -0.370. The maximum atomic E-state index is 13.6. The van der Waals surface area contributed by atoms with Crippen LogP contribution in [0.25, 0.3) is 0 Å². The molecule has 1 unspecified atom stereocenters. The molecule has 0 aliphatic heterocycles. The van der Waals surface area contributed by atoms with Gasteiger partial charge in [-0.25, -0.2) is 4.39 Å². The molecule has 74 valence electrons. The van der Waals surface area contributed by atoms with Gasteiger partial charge in [0.15, 0.2) is 0 Å².